The second-order valence-electron chi connectivity index (χ2n) is 2.76. The minimum atomic E-state index is 0.429. The van der Waals surface area contributed by atoms with Crippen molar-refractivity contribution in [3.8, 4) is 5.75 Å². The van der Waals surface area contributed by atoms with Crippen LogP contribution in [0.4, 0.5) is 5.69 Å². The second kappa shape index (κ2) is 6.11. The highest BCUT2D eigenvalue weighted by Crippen LogP contribution is 2.26. The summed E-state index contributed by atoms with van der Waals surface area (Å²) in [5.41, 5.74) is 2.07. The molecule has 1 aromatic rings. The lowest BCUT2D eigenvalue weighted by Crippen LogP contribution is -2.01. The molecule has 5 heteroatoms. The van der Waals surface area contributed by atoms with Crippen LogP contribution in [0.1, 0.15) is 0 Å². The molecule has 0 bridgehead atoms. The Morgan fingerprint density at radius 2 is 2.27 bits per heavy atom. The van der Waals surface area contributed by atoms with Gasteiger partial charge in [-0.1, -0.05) is 34.8 Å². The monoisotopic (exact) mass is 265 g/mol. The average Bonchev–Trinajstić information content (AvgIpc) is 2.27. The average molecular weight is 267 g/mol. The molecule has 0 amide bonds. The fraction of sp³-hybridized carbons (Fsp3) is 0.200. The van der Waals surface area contributed by atoms with E-state index in [1.54, 1.807) is 25.3 Å². The summed E-state index contributed by atoms with van der Waals surface area (Å²) in [7, 11) is 1.60. The summed E-state index contributed by atoms with van der Waals surface area (Å²) >= 11 is 17.1. The maximum Gasteiger partial charge on any atom is 0.121 e. The highest BCUT2D eigenvalue weighted by molar-refractivity contribution is 6.37. The Labute approximate surface area is 104 Å². The number of ether oxygens (including phenoxy) is 1. The van der Waals surface area contributed by atoms with Gasteiger partial charge in [0.05, 0.1) is 24.4 Å². The summed E-state index contributed by atoms with van der Waals surface area (Å²) in [5.74, 6) is 0.730. The molecule has 0 aliphatic heterocycles. The van der Waals surface area contributed by atoms with Crippen LogP contribution < -0.4 is 10.1 Å². The Morgan fingerprint density at radius 3 is 2.87 bits per heavy atom. The number of methoxy groups -OCH3 is 1. The van der Waals surface area contributed by atoms with Gasteiger partial charge in [-0.3, -0.25) is 0 Å². The molecule has 0 saturated carbocycles. The number of anilines is 1. The Hall–Kier alpha value is -0.570. The van der Waals surface area contributed by atoms with E-state index in [9.17, 15) is 0 Å². The first kappa shape index (κ1) is 12.5. The van der Waals surface area contributed by atoms with Crippen LogP contribution >= 0.6 is 34.8 Å². The largest absolute Gasteiger partial charge is 0.497 e. The normalized spacial score (nSPS) is 11.3. The first-order valence-electron chi connectivity index (χ1n) is 4.19. The number of benzene rings is 1. The van der Waals surface area contributed by atoms with Crippen molar-refractivity contribution in [2.24, 2.45) is 0 Å². The SMILES string of the molecule is COc1ccc(Cl)c(NCC(Cl)=CCl)c1. The molecular weight excluding hydrogens is 256 g/mol. The summed E-state index contributed by atoms with van der Waals surface area (Å²) in [5, 5.41) is 4.16. The summed E-state index contributed by atoms with van der Waals surface area (Å²) in [6.45, 7) is 0.429. The molecule has 1 aromatic carbocycles. The van der Waals surface area contributed by atoms with Gasteiger partial charge >= 0.3 is 0 Å². The molecule has 0 radical (unpaired) electrons. The molecule has 0 spiro atoms. The highest BCUT2D eigenvalue weighted by atomic mass is 35.5. The van der Waals surface area contributed by atoms with Crippen LogP contribution in [0.15, 0.2) is 28.8 Å². The minimum absolute atomic E-state index is 0.429. The van der Waals surface area contributed by atoms with E-state index in [0.717, 1.165) is 11.4 Å². The summed E-state index contributed by atoms with van der Waals surface area (Å²) < 4.78 is 5.07. The van der Waals surface area contributed by atoms with E-state index in [2.05, 4.69) is 5.32 Å². The van der Waals surface area contributed by atoms with E-state index >= 15 is 0 Å². The van der Waals surface area contributed by atoms with Crippen molar-refractivity contribution < 1.29 is 4.74 Å². The fourth-order valence-electron chi connectivity index (χ4n) is 0.985. The maximum absolute atomic E-state index is 5.97. The molecule has 0 fully saturated rings. The van der Waals surface area contributed by atoms with Gasteiger partial charge in [0, 0.05) is 16.6 Å². The molecule has 2 nitrogen and oxygen atoms in total. The smallest absolute Gasteiger partial charge is 0.121 e. The Kier molecular flexibility index (Phi) is 5.09. The van der Waals surface area contributed by atoms with Crippen LogP contribution in [-0.4, -0.2) is 13.7 Å². The quantitative estimate of drug-likeness (QED) is 0.886. The lowest BCUT2D eigenvalue weighted by Gasteiger charge is -2.09. The van der Waals surface area contributed by atoms with E-state index in [0.29, 0.717) is 16.6 Å². The number of hydrogen-bond acceptors (Lipinski definition) is 2. The lowest BCUT2D eigenvalue weighted by atomic mass is 10.3. The Balaban J connectivity index is 2.75. The van der Waals surface area contributed by atoms with Gasteiger partial charge in [-0.2, -0.15) is 0 Å². The molecular formula is C10H10Cl3NO. The minimum Gasteiger partial charge on any atom is -0.497 e. The van der Waals surface area contributed by atoms with Crippen molar-refractivity contribution in [2.45, 2.75) is 0 Å². The van der Waals surface area contributed by atoms with Crippen molar-refractivity contribution in [1.82, 2.24) is 0 Å². The number of halogens is 3. The van der Waals surface area contributed by atoms with Gasteiger partial charge in [0.15, 0.2) is 0 Å². The zero-order valence-electron chi connectivity index (χ0n) is 8.06. The highest BCUT2D eigenvalue weighted by Gasteiger charge is 2.02. The third kappa shape index (κ3) is 3.82. The molecule has 0 aliphatic carbocycles. The molecule has 15 heavy (non-hydrogen) atoms. The zero-order chi connectivity index (χ0) is 11.3. The Morgan fingerprint density at radius 1 is 1.53 bits per heavy atom. The van der Waals surface area contributed by atoms with Gasteiger partial charge in [0.1, 0.15) is 5.75 Å². The van der Waals surface area contributed by atoms with Gasteiger partial charge in [-0.05, 0) is 12.1 Å². The van der Waals surface area contributed by atoms with Gasteiger partial charge in [0.25, 0.3) is 0 Å². The molecule has 1 rings (SSSR count). The number of rotatable bonds is 4. The van der Waals surface area contributed by atoms with Crippen molar-refractivity contribution >= 4 is 40.5 Å². The van der Waals surface area contributed by atoms with Crippen molar-refractivity contribution in [1.29, 1.82) is 0 Å². The standard InChI is InChI=1S/C10H10Cl3NO/c1-15-8-2-3-9(13)10(4-8)14-6-7(12)5-11/h2-5,14H,6H2,1H3. The molecule has 0 aromatic heterocycles. The van der Waals surface area contributed by atoms with E-state index < -0.39 is 0 Å². The van der Waals surface area contributed by atoms with Gasteiger partial charge < -0.3 is 10.1 Å². The van der Waals surface area contributed by atoms with Crippen LogP contribution in [0.5, 0.6) is 5.75 Å². The van der Waals surface area contributed by atoms with Gasteiger partial charge in [-0.25, -0.2) is 0 Å². The van der Waals surface area contributed by atoms with E-state index in [4.69, 9.17) is 39.5 Å². The number of nitrogens with one attached hydrogen (secondary N) is 1. The first-order chi connectivity index (χ1) is 7.17. The van der Waals surface area contributed by atoms with Gasteiger partial charge in [-0.15, -0.1) is 0 Å². The summed E-state index contributed by atoms with van der Waals surface area (Å²) in [6.07, 6.45) is 0. The molecule has 0 aliphatic rings. The lowest BCUT2D eigenvalue weighted by molar-refractivity contribution is 0.415. The number of hydrogen-bond donors (Lipinski definition) is 1. The predicted molar refractivity (Wildman–Crippen MR) is 66.3 cm³/mol. The van der Waals surface area contributed by atoms with Crippen LogP contribution in [0.2, 0.25) is 5.02 Å². The van der Waals surface area contributed by atoms with Crippen molar-refractivity contribution in [2.75, 3.05) is 19.0 Å². The van der Waals surface area contributed by atoms with E-state index in [-0.39, 0.29) is 0 Å². The zero-order valence-corrected chi connectivity index (χ0v) is 10.3. The predicted octanol–water partition coefficient (Wildman–Crippen LogP) is 4.08. The first-order valence-corrected chi connectivity index (χ1v) is 5.38. The molecule has 1 N–H and O–H groups in total. The van der Waals surface area contributed by atoms with Crippen molar-refractivity contribution in [3.05, 3.63) is 33.8 Å². The second-order valence-corrected chi connectivity index (χ2v) is 3.87. The third-order valence-corrected chi connectivity index (χ3v) is 2.69. The maximum atomic E-state index is 5.97. The topological polar surface area (TPSA) is 21.3 Å². The third-order valence-electron chi connectivity index (χ3n) is 1.74. The molecule has 82 valence electrons. The van der Waals surface area contributed by atoms with Crippen molar-refractivity contribution in [3.63, 3.8) is 0 Å². The van der Waals surface area contributed by atoms with Crippen LogP contribution in [-0.2, 0) is 0 Å². The van der Waals surface area contributed by atoms with E-state index in [1.165, 1.54) is 5.54 Å². The Bertz CT molecular complexity index is 366. The summed E-state index contributed by atoms with van der Waals surface area (Å²) in [4.78, 5) is 0. The molecule has 0 unspecified atom stereocenters. The molecule has 0 heterocycles. The molecule has 0 atom stereocenters. The molecule has 0 saturated heterocycles. The van der Waals surface area contributed by atoms with Crippen LogP contribution in [0, 0.1) is 0 Å². The summed E-state index contributed by atoms with van der Waals surface area (Å²) in [6, 6.07) is 5.33. The van der Waals surface area contributed by atoms with Crippen LogP contribution in [0.3, 0.4) is 0 Å². The fourth-order valence-corrected chi connectivity index (χ4v) is 1.31. The van der Waals surface area contributed by atoms with E-state index in [1.807, 2.05) is 0 Å². The van der Waals surface area contributed by atoms with Crippen LogP contribution in [0.25, 0.3) is 0 Å². The van der Waals surface area contributed by atoms with Gasteiger partial charge in [0.2, 0.25) is 0 Å².